The van der Waals surface area contributed by atoms with Gasteiger partial charge in [0.1, 0.15) is 11.2 Å². The minimum absolute atomic E-state index is 0.865. The van der Waals surface area contributed by atoms with Gasteiger partial charge in [-0.05, 0) is 92.6 Å². The van der Waals surface area contributed by atoms with E-state index in [1.165, 1.54) is 33.0 Å². The largest absolute Gasteiger partial charge is 0.455 e. The van der Waals surface area contributed by atoms with Crippen molar-refractivity contribution in [3.05, 3.63) is 224 Å². The summed E-state index contributed by atoms with van der Waals surface area (Å²) in [5.74, 6) is 0. The SMILES string of the molecule is C=C(/C=C\C(=C/CC)N(c1ccc(-c2cccc3c2oc2ccccc23)cc1)c1cccc(-c2cccc3ccccc23)c1)c1ccc(-c2ccccc2)cc1. The molecule has 0 aliphatic heterocycles. The second-order valence-corrected chi connectivity index (χ2v) is 14.1. The summed E-state index contributed by atoms with van der Waals surface area (Å²) < 4.78 is 6.42. The summed E-state index contributed by atoms with van der Waals surface area (Å²) in [5.41, 5.74) is 14.0. The van der Waals surface area contributed by atoms with Gasteiger partial charge in [0.15, 0.2) is 0 Å². The first-order valence-electron chi connectivity index (χ1n) is 19.3. The smallest absolute Gasteiger partial charge is 0.143 e. The summed E-state index contributed by atoms with van der Waals surface area (Å²) in [6.07, 6.45) is 7.49. The van der Waals surface area contributed by atoms with Crippen molar-refractivity contribution < 1.29 is 4.42 Å². The van der Waals surface area contributed by atoms with E-state index in [0.29, 0.717) is 0 Å². The van der Waals surface area contributed by atoms with E-state index in [1.54, 1.807) is 0 Å². The van der Waals surface area contributed by atoms with Crippen LogP contribution in [0.5, 0.6) is 0 Å². The minimum atomic E-state index is 0.865. The van der Waals surface area contributed by atoms with Crippen LogP contribution in [0.1, 0.15) is 18.9 Å². The number of furan rings is 1. The lowest BCUT2D eigenvalue weighted by molar-refractivity contribution is 0.670. The van der Waals surface area contributed by atoms with E-state index >= 15 is 0 Å². The van der Waals surface area contributed by atoms with E-state index in [1.807, 2.05) is 18.2 Å². The zero-order valence-corrected chi connectivity index (χ0v) is 31.4. The summed E-state index contributed by atoms with van der Waals surface area (Å²) in [4.78, 5) is 2.35. The molecule has 1 aromatic heterocycles. The van der Waals surface area contributed by atoms with Crippen molar-refractivity contribution in [3.63, 3.8) is 0 Å². The van der Waals surface area contributed by atoms with Crippen LogP contribution in [0.3, 0.4) is 0 Å². The first-order valence-corrected chi connectivity index (χ1v) is 19.3. The number of hydrogen-bond acceptors (Lipinski definition) is 2. The van der Waals surface area contributed by atoms with Crippen LogP contribution in [0.2, 0.25) is 0 Å². The fraction of sp³-hybridized carbons (Fsp3) is 0.0370. The molecule has 0 radical (unpaired) electrons. The van der Waals surface area contributed by atoms with E-state index in [9.17, 15) is 0 Å². The summed E-state index contributed by atoms with van der Waals surface area (Å²) in [5, 5.41) is 4.73. The minimum Gasteiger partial charge on any atom is -0.455 e. The Bertz CT molecular complexity index is 2890. The maximum atomic E-state index is 6.42. The zero-order chi connectivity index (χ0) is 37.8. The topological polar surface area (TPSA) is 16.4 Å². The predicted molar refractivity (Wildman–Crippen MR) is 239 cm³/mol. The molecule has 0 saturated carbocycles. The van der Waals surface area contributed by atoms with E-state index in [4.69, 9.17) is 4.42 Å². The Labute approximate surface area is 328 Å². The van der Waals surface area contributed by atoms with Crippen LogP contribution >= 0.6 is 0 Å². The fourth-order valence-corrected chi connectivity index (χ4v) is 7.73. The first kappa shape index (κ1) is 34.6. The average Bonchev–Trinajstić information content (AvgIpc) is 3.65. The van der Waals surface area contributed by atoms with E-state index in [0.717, 1.165) is 67.7 Å². The molecular weight excluding hydrogens is 679 g/mol. The molecule has 0 aliphatic rings. The maximum absolute atomic E-state index is 6.42. The van der Waals surface area contributed by atoms with Crippen LogP contribution in [-0.2, 0) is 0 Å². The fourth-order valence-electron chi connectivity index (χ4n) is 7.73. The van der Waals surface area contributed by atoms with E-state index < -0.39 is 0 Å². The Morgan fingerprint density at radius 2 is 1.14 bits per heavy atom. The highest BCUT2D eigenvalue weighted by molar-refractivity contribution is 6.09. The van der Waals surface area contributed by atoms with Gasteiger partial charge in [-0.2, -0.15) is 0 Å². The van der Waals surface area contributed by atoms with Gasteiger partial charge in [-0.1, -0.05) is 183 Å². The number of anilines is 2. The third-order valence-corrected chi connectivity index (χ3v) is 10.5. The normalized spacial score (nSPS) is 11.8. The molecule has 0 spiro atoms. The number of para-hydroxylation sites is 2. The molecule has 0 aliphatic carbocycles. The van der Waals surface area contributed by atoms with Gasteiger partial charge in [0.25, 0.3) is 0 Å². The Hall–Kier alpha value is -7.16. The van der Waals surface area contributed by atoms with Crippen LogP contribution < -0.4 is 4.90 Å². The molecule has 0 N–H and O–H groups in total. The quantitative estimate of drug-likeness (QED) is 0.131. The standard InChI is InChI=1S/C54H41NO/c1-3-14-45(34-27-38(2)39-28-30-41(31-29-39)40-15-5-4-6-16-40)55(47-20-11-19-44(37-47)49-23-12-18-42-17-7-8-21-48(42)49)46-35-32-43(33-36-46)50-24-13-25-52-51-22-9-10-26-53(51)56-54(50)52/h4-37H,2-3H2,1H3/b34-27-,45-14+. The second kappa shape index (κ2) is 15.3. The highest BCUT2D eigenvalue weighted by Crippen LogP contribution is 2.39. The molecule has 0 fully saturated rings. The second-order valence-electron chi connectivity index (χ2n) is 14.1. The summed E-state index contributed by atoms with van der Waals surface area (Å²) in [6.45, 7) is 6.68. The van der Waals surface area contributed by atoms with Gasteiger partial charge >= 0.3 is 0 Å². The van der Waals surface area contributed by atoms with Crippen molar-refractivity contribution in [2.75, 3.05) is 4.90 Å². The molecule has 0 bridgehead atoms. The molecule has 56 heavy (non-hydrogen) atoms. The number of rotatable bonds is 10. The third kappa shape index (κ3) is 6.74. The number of benzene rings is 8. The molecule has 2 heteroatoms. The molecular formula is C54H41NO. The number of nitrogens with zero attached hydrogens (tertiary/aromatic N) is 1. The highest BCUT2D eigenvalue weighted by atomic mass is 16.3. The zero-order valence-electron chi connectivity index (χ0n) is 31.4. The summed E-state index contributed by atoms with van der Waals surface area (Å²) in [6, 6.07) is 66.7. The monoisotopic (exact) mass is 719 g/mol. The number of hydrogen-bond donors (Lipinski definition) is 0. The van der Waals surface area contributed by atoms with E-state index in [-0.39, 0.29) is 0 Å². The van der Waals surface area contributed by atoms with Crippen LogP contribution in [0.15, 0.2) is 223 Å². The summed E-state index contributed by atoms with van der Waals surface area (Å²) in [7, 11) is 0. The molecule has 0 atom stereocenters. The average molecular weight is 720 g/mol. The van der Waals surface area contributed by atoms with Crippen LogP contribution in [-0.4, -0.2) is 0 Å². The van der Waals surface area contributed by atoms with Crippen molar-refractivity contribution in [1.29, 1.82) is 0 Å². The molecule has 1 heterocycles. The molecule has 2 nitrogen and oxygen atoms in total. The van der Waals surface area contributed by atoms with E-state index in [2.05, 4.69) is 206 Å². The van der Waals surface area contributed by atoms with Crippen LogP contribution in [0.4, 0.5) is 11.4 Å². The third-order valence-electron chi connectivity index (χ3n) is 10.5. The molecule has 0 unspecified atom stereocenters. The Morgan fingerprint density at radius 3 is 1.96 bits per heavy atom. The lowest BCUT2D eigenvalue weighted by Gasteiger charge is -2.27. The van der Waals surface area contributed by atoms with Gasteiger partial charge in [0.2, 0.25) is 0 Å². The predicted octanol–water partition coefficient (Wildman–Crippen LogP) is 15.4. The highest BCUT2D eigenvalue weighted by Gasteiger charge is 2.17. The van der Waals surface area contributed by atoms with Gasteiger partial charge in [-0.15, -0.1) is 0 Å². The molecule has 9 aromatic rings. The van der Waals surface area contributed by atoms with Crippen molar-refractivity contribution in [2.24, 2.45) is 0 Å². The molecule has 0 amide bonds. The molecule has 9 rings (SSSR count). The van der Waals surface area contributed by atoms with Crippen LogP contribution in [0, 0.1) is 0 Å². The lowest BCUT2D eigenvalue weighted by Crippen LogP contribution is -2.15. The van der Waals surface area contributed by atoms with Gasteiger partial charge < -0.3 is 9.32 Å². The summed E-state index contributed by atoms with van der Waals surface area (Å²) >= 11 is 0. The van der Waals surface area contributed by atoms with Crippen molar-refractivity contribution in [2.45, 2.75) is 13.3 Å². The molecule has 8 aromatic carbocycles. The van der Waals surface area contributed by atoms with Gasteiger partial charge in [0, 0.05) is 33.4 Å². The lowest BCUT2D eigenvalue weighted by atomic mass is 9.97. The van der Waals surface area contributed by atoms with Gasteiger partial charge in [0.05, 0.1) is 0 Å². The van der Waals surface area contributed by atoms with Crippen molar-refractivity contribution in [1.82, 2.24) is 0 Å². The Kier molecular flexibility index (Phi) is 9.45. The van der Waals surface area contributed by atoms with Gasteiger partial charge in [-0.3, -0.25) is 0 Å². The van der Waals surface area contributed by atoms with Crippen LogP contribution in [0.25, 0.3) is 71.7 Å². The number of fused-ring (bicyclic) bond motifs is 4. The molecule has 0 saturated heterocycles. The molecule has 268 valence electrons. The maximum Gasteiger partial charge on any atom is 0.143 e. The first-order chi connectivity index (χ1) is 27.6. The Balaban J connectivity index is 1.11. The Morgan fingerprint density at radius 1 is 0.518 bits per heavy atom. The van der Waals surface area contributed by atoms with Crippen molar-refractivity contribution in [3.8, 4) is 33.4 Å². The van der Waals surface area contributed by atoms with Crippen molar-refractivity contribution >= 4 is 49.7 Å². The number of allylic oxidation sites excluding steroid dienone is 4. The van der Waals surface area contributed by atoms with Gasteiger partial charge in [-0.25, -0.2) is 0 Å².